The Kier molecular flexibility index (Phi) is 8.13. The molecule has 2 fully saturated rings. The van der Waals surface area contributed by atoms with E-state index in [-0.39, 0.29) is 31.0 Å². The van der Waals surface area contributed by atoms with Crippen LogP contribution in [0.4, 0.5) is 4.79 Å². The third-order valence-corrected chi connectivity index (χ3v) is 7.21. The summed E-state index contributed by atoms with van der Waals surface area (Å²) in [5.74, 6) is -0.0179. The van der Waals surface area contributed by atoms with Crippen LogP contribution in [0.1, 0.15) is 37.8 Å². The molecule has 8 nitrogen and oxygen atoms in total. The first-order valence-electron chi connectivity index (χ1n) is 12.3. The molecule has 1 aromatic rings. The average Bonchev–Trinajstić information content (AvgIpc) is 2.81. The second kappa shape index (κ2) is 11.3. The lowest BCUT2D eigenvalue weighted by Crippen LogP contribution is -2.54. The Balaban J connectivity index is 1.62. The van der Waals surface area contributed by atoms with Crippen molar-refractivity contribution >= 4 is 29.5 Å². The van der Waals surface area contributed by atoms with E-state index in [0.29, 0.717) is 49.0 Å². The zero-order valence-electron chi connectivity index (χ0n) is 20.2. The highest BCUT2D eigenvalue weighted by Gasteiger charge is 2.39. The standard InChI is InChI=1S/C26H33ClN4O4/c1-3-12-31-21(17-29-13-15-30(16-14-29)24(32)19-6-5-7-19)22(25(33)35-4-2)23(28-26(31)34)18-8-10-20(27)11-9-18/h3,8-11,19,23H,1,4-7,12-17H2,2H3,(H,28,34)/t23-/m0/s1. The third kappa shape index (κ3) is 5.54. The summed E-state index contributed by atoms with van der Waals surface area (Å²) >= 11 is 6.07. The van der Waals surface area contributed by atoms with E-state index in [2.05, 4.69) is 16.8 Å². The van der Waals surface area contributed by atoms with Gasteiger partial charge in [0, 0.05) is 55.9 Å². The Bertz CT molecular complexity index is 997. The highest BCUT2D eigenvalue weighted by Crippen LogP contribution is 2.33. The number of amides is 3. The number of urea groups is 1. The summed E-state index contributed by atoms with van der Waals surface area (Å²) in [6.45, 7) is 9.07. The lowest BCUT2D eigenvalue weighted by Gasteiger charge is -2.41. The molecule has 0 unspecified atom stereocenters. The van der Waals surface area contributed by atoms with Crippen molar-refractivity contribution in [2.24, 2.45) is 5.92 Å². The van der Waals surface area contributed by atoms with E-state index < -0.39 is 12.0 Å². The van der Waals surface area contributed by atoms with Gasteiger partial charge in [-0.05, 0) is 37.5 Å². The molecule has 3 amide bonds. The van der Waals surface area contributed by atoms with Gasteiger partial charge in [-0.1, -0.05) is 36.2 Å². The van der Waals surface area contributed by atoms with Gasteiger partial charge in [-0.25, -0.2) is 9.59 Å². The van der Waals surface area contributed by atoms with Crippen molar-refractivity contribution in [2.45, 2.75) is 32.2 Å². The van der Waals surface area contributed by atoms with Crippen molar-refractivity contribution < 1.29 is 19.1 Å². The highest BCUT2D eigenvalue weighted by molar-refractivity contribution is 6.30. The van der Waals surface area contributed by atoms with E-state index in [4.69, 9.17) is 16.3 Å². The van der Waals surface area contributed by atoms with E-state index in [1.807, 2.05) is 4.90 Å². The van der Waals surface area contributed by atoms with Crippen LogP contribution in [0, 0.1) is 5.92 Å². The van der Waals surface area contributed by atoms with Crippen molar-refractivity contribution in [3.8, 4) is 0 Å². The van der Waals surface area contributed by atoms with Crippen LogP contribution >= 0.6 is 11.6 Å². The van der Waals surface area contributed by atoms with Crippen molar-refractivity contribution in [1.29, 1.82) is 0 Å². The number of nitrogens with zero attached hydrogens (tertiary/aromatic N) is 3. The van der Waals surface area contributed by atoms with E-state index in [1.54, 1.807) is 42.2 Å². The molecule has 188 valence electrons. The first-order valence-corrected chi connectivity index (χ1v) is 12.7. The Labute approximate surface area is 211 Å². The topological polar surface area (TPSA) is 82.2 Å². The van der Waals surface area contributed by atoms with Crippen molar-refractivity contribution in [2.75, 3.05) is 45.9 Å². The summed E-state index contributed by atoms with van der Waals surface area (Å²) in [5, 5.41) is 3.53. The number of nitrogens with one attached hydrogen (secondary N) is 1. The van der Waals surface area contributed by atoms with Crippen molar-refractivity contribution in [1.82, 2.24) is 20.0 Å². The molecule has 2 aliphatic heterocycles. The quantitative estimate of drug-likeness (QED) is 0.437. The summed E-state index contributed by atoms with van der Waals surface area (Å²) in [5.41, 5.74) is 1.76. The molecular weight excluding hydrogens is 468 g/mol. The van der Waals surface area contributed by atoms with Crippen LogP contribution in [-0.4, -0.2) is 78.5 Å². The molecule has 1 N–H and O–H groups in total. The highest BCUT2D eigenvalue weighted by atomic mass is 35.5. The fourth-order valence-corrected chi connectivity index (χ4v) is 4.93. The van der Waals surface area contributed by atoms with Crippen LogP contribution in [0.25, 0.3) is 0 Å². The largest absolute Gasteiger partial charge is 0.463 e. The molecule has 1 aromatic carbocycles. The molecule has 3 aliphatic rings. The normalized spacial score (nSPS) is 21.4. The molecule has 0 bridgehead atoms. The van der Waals surface area contributed by atoms with Crippen molar-refractivity contribution in [3.63, 3.8) is 0 Å². The molecule has 4 rings (SSSR count). The minimum Gasteiger partial charge on any atom is -0.463 e. The van der Waals surface area contributed by atoms with E-state index in [1.165, 1.54) is 0 Å². The first-order chi connectivity index (χ1) is 16.9. The van der Waals surface area contributed by atoms with Gasteiger partial charge in [0.25, 0.3) is 0 Å². The molecule has 2 heterocycles. The van der Waals surface area contributed by atoms with Gasteiger partial charge in [0.1, 0.15) is 0 Å². The smallest absolute Gasteiger partial charge is 0.338 e. The fourth-order valence-electron chi connectivity index (χ4n) is 4.80. The van der Waals surface area contributed by atoms with Gasteiger partial charge in [0.2, 0.25) is 5.91 Å². The molecule has 1 saturated carbocycles. The van der Waals surface area contributed by atoms with Crippen molar-refractivity contribution in [3.05, 3.63) is 58.8 Å². The number of ether oxygens (including phenoxy) is 1. The van der Waals surface area contributed by atoms with Gasteiger partial charge in [0.15, 0.2) is 0 Å². The minimum atomic E-state index is -0.656. The maximum Gasteiger partial charge on any atom is 0.338 e. The maximum absolute atomic E-state index is 13.2. The zero-order chi connectivity index (χ0) is 24.9. The Hall–Kier alpha value is -2.84. The van der Waals surface area contributed by atoms with E-state index >= 15 is 0 Å². The number of esters is 1. The number of piperazine rings is 1. The number of hydrogen-bond donors (Lipinski definition) is 1. The predicted octanol–water partition coefficient (Wildman–Crippen LogP) is 3.35. The predicted molar refractivity (Wildman–Crippen MR) is 134 cm³/mol. The first kappa shape index (κ1) is 25.3. The zero-order valence-corrected chi connectivity index (χ0v) is 20.9. The second-order valence-electron chi connectivity index (χ2n) is 9.14. The monoisotopic (exact) mass is 500 g/mol. The molecule has 0 spiro atoms. The number of hydrogen-bond acceptors (Lipinski definition) is 5. The Morgan fingerprint density at radius 1 is 1.17 bits per heavy atom. The summed E-state index contributed by atoms with van der Waals surface area (Å²) in [6.07, 6.45) is 4.76. The summed E-state index contributed by atoms with van der Waals surface area (Å²) in [4.78, 5) is 44.7. The molecule has 0 radical (unpaired) electrons. The van der Waals surface area contributed by atoms with Gasteiger partial charge in [-0.2, -0.15) is 0 Å². The lowest BCUT2D eigenvalue weighted by atomic mass is 9.84. The summed E-state index contributed by atoms with van der Waals surface area (Å²) in [6, 6.07) is 6.12. The number of benzene rings is 1. The van der Waals surface area contributed by atoms with E-state index in [0.717, 1.165) is 24.8 Å². The minimum absolute atomic E-state index is 0.185. The fraction of sp³-hybridized carbons (Fsp3) is 0.500. The number of carbonyl (C=O) groups is 3. The van der Waals surface area contributed by atoms with Crippen LogP contribution in [-0.2, 0) is 14.3 Å². The van der Waals surface area contributed by atoms with Gasteiger partial charge in [0.05, 0.1) is 18.2 Å². The average molecular weight is 501 g/mol. The van der Waals surface area contributed by atoms with Crippen LogP contribution in [0.5, 0.6) is 0 Å². The van der Waals surface area contributed by atoms with Crippen LogP contribution in [0.3, 0.4) is 0 Å². The van der Waals surface area contributed by atoms with E-state index in [9.17, 15) is 14.4 Å². The van der Waals surface area contributed by atoms with Gasteiger partial charge >= 0.3 is 12.0 Å². The molecule has 1 saturated heterocycles. The second-order valence-corrected chi connectivity index (χ2v) is 9.58. The SMILES string of the molecule is C=CCN1C(=O)N[C@@H](c2ccc(Cl)cc2)C(C(=O)OCC)=C1CN1CCN(C(=O)C2CCC2)CC1. The number of carbonyl (C=O) groups excluding carboxylic acids is 3. The lowest BCUT2D eigenvalue weighted by molar-refractivity contribution is -0.140. The Morgan fingerprint density at radius 2 is 1.86 bits per heavy atom. The molecule has 35 heavy (non-hydrogen) atoms. The van der Waals surface area contributed by atoms with Gasteiger partial charge in [-0.3, -0.25) is 14.6 Å². The van der Waals surface area contributed by atoms with Crippen LogP contribution < -0.4 is 5.32 Å². The molecule has 1 aliphatic carbocycles. The van der Waals surface area contributed by atoms with Crippen LogP contribution in [0.2, 0.25) is 5.02 Å². The maximum atomic E-state index is 13.2. The number of halogens is 1. The Morgan fingerprint density at radius 3 is 2.43 bits per heavy atom. The molecule has 0 aromatic heterocycles. The molecule has 1 atom stereocenters. The van der Waals surface area contributed by atoms with Gasteiger partial charge in [-0.15, -0.1) is 6.58 Å². The molecular formula is C26H33ClN4O4. The molecule has 9 heteroatoms. The van der Waals surface area contributed by atoms with Gasteiger partial charge < -0.3 is 15.0 Å². The summed E-state index contributed by atoms with van der Waals surface area (Å²) in [7, 11) is 0. The third-order valence-electron chi connectivity index (χ3n) is 6.96. The van der Waals surface area contributed by atoms with Crippen LogP contribution in [0.15, 0.2) is 48.2 Å². The number of rotatable bonds is 8. The summed E-state index contributed by atoms with van der Waals surface area (Å²) < 4.78 is 5.43.